The topological polar surface area (TPSA) is 22.1 Å². The van der Waals surface area contributed by atoms with Crippen molar-refractivity contribution in [3.05, 3.63) is 23.9 Å². The van der Waals surface area contributed by atoms with Gasteiger partial charge in [0.25, 0.3) is 0 Å². The summed E-state index contributed by atoms with van der Waals surface area (Å²) >= 11 is 0. The molecule has 0 radical (unpaired) electrons. The average Bonchev–Trinajstić information content (AvgIpc) is 2.67. The molecule has 2 nitrogen and oxygen atoms in total. The Hall–Kier alpha value is -1.05. The van der Waals surface area contributed by atoms with Crippen LogP contribution in [-0.4, -0.2) is 11.6 Å². The second-order valence-corrected chi connectivity index (χ2v) is 4.13. The predicted octanol–water partition coefficient (Wildman–Crippen LogP) is 2.96. The van der Waals surface area contributed by atoms with Gasteiger partial charge < -0.3 is 4.74 Å². The molecule has 14 heavy (non-hydrogen) atoms. The predicted molar refractivity (Wildman–Crippen MR) is 56.4 cm³/mol. The fourth-order valence-electron chi connectivity index (χ4n) is 1.97. The molecule has 0 unspecified atom stereocenters. The van der Waals surface area contributed by atoms with Crippen molar-refractivity contribution in [1.82, 2.24) is 4.98 Å². The Labute approximate surface area is 85.3 Å². The Balaban J connectivity index is 1.85. The minimum Gasteiger partial charge on any atom is -0.477 e. The molecule has 0 saturated heterocycles. The van der Waals surface area contributed by atoms with Crippen LogP contribution in [0.3, 0.4) is 0 Å². The maximum absolute atomic E-state index is 5.66. The number of aryl methyl sites for hydroxylation is 1. The van der Waals surface area contributed by atoms with E-state index in [1.54, 1.807) is 6.20 Å². The third-order valence-electron chi connectivity index (χ3n) is 2.83. The Morgan fingerprint density at radius 1 is 1.43 bits per heavy atom. The van der Waals surface area contributed by atoms with Crippen molar-refractivity contribution < 1.29 is 4.74 Å². The fraction of sp³-hybridized carbons (Fsp3) is 0.583. The van der Waals surface area contributed by atoms with Gasteiger partial charge in [-0.2, -0.15) is 0 Å². The Morgan fingerprint density at radius 3 is 2.93 bits per heavy atom. The van der Waals surface area contributed by atoms with Crippen LogP contribution in [0.5, 0.6) is 5.88 Å². The van der Waals surface area contributed by atoms with Gasteiger partial charge in [0.05, 0.1) is 6.61 Å². The van der Waals surface area contributed by atoms with E-state index in [4.69, 9.17) is 4.74 Å². The molecule has 1 fully saturated rings. The van der Waals surface area contributed by atoms with Crippen LogP contribution in [0.2, 0.25) is 0 Å². The van der Waals surface area contributed by atoms with Crippen molar-refractivity contribution in [3.8, 4) is 5.88 Å². The molecule has 0 atom stereocenters. The lowest BCUT2D eigenvalue weighted by atomic mass is 10.1. The molecule has 1 aliphatic carbocycles. The Bertz CT molecular complexity index is 292. The second-order valence-electron chi connectivity index (χ2n) is 4.13. The van der Waals surface area contributed by atoms with Gasteiger partial charge in [-0.1, -0.05) is 12.8 Å². The number of pyridine rings is 1. The third kappa shape index (κ3) is 2.47. The molecule has 0 bridgehead atoms. The summed E-state index contributed by atoms with van der Waals surface area (Å²) in [6.07, 6.45) is 7.20. The molecule has 1 aromatic heterocycles. The molecular formula is C12H17NO. The third-order valence-corrected chi connectivity index (χ3v) is 2.83. The lowest BCUT2D eigenvalue weighted by Gasteiger charge is -2.10. The van der Waals surface area contributed by atoms with Crippen molar-refractivity contribution in [2.75, 3.05) is 6.61 Å². The first kappa shape index (κ1) is 9.50. The van der Waals surface area contributed by atoms with Gasteiger partial charge in [-0.05, 0) is 37.3 Å². The van der Waals surface area contributed by atoms with Crippen LogP contribution in [0.1, 0.15) is 31.2 Å². The van der Waals surface area contributed by atoms with E-state index in [0.29, 0.717) is 0 Å². The first-order valence-corrected chi connectivity index (χ1v) is 5.40. The van der Waals surface area contributed by atoms with Crippen LogP contribution in [0.4, 0.5) is 0 Å². The average molecular weight is 191 g/mol. The van der Waals surface area contributed by atoms with Crippen LogP contribution < -0.4 is 4.74 Å². The highest BCUT2D eigenvalue weighted by molar-refractivity contribution is 5.18. The van der Waals surface area contributed by atoms with E-state index < -0.39 is 0 Å². The zero-order valence-corrected chi connectivity index (χ0v) is 8.70. The molecule has 2 heteroatoms. The van der Waals surface area contributed by atoms with E-state index >= 15 is 0 Å². The van der Waals surface area contributed by atoms with E-state index in [1.165, 1.54) is 31.2 Å². The molecule has 0 N–H and O–H groups in total. The van der Waals surface area contributed by atoms with Crippen molar-refractivity contribution in [2.24, 2.45) is 5.92 Å². The minimum atomic E-state index is 0.761. The smallest absolute Gasteiger partial charge is 0.213 e. The zero-order valence-electron chi connectivity index (χ0n) is 8.70. The summed E-state index contributed by atoms with van der Waals surface area (Å²) in [5.41, 5.74) is 1.21. The summed E-state index contributed by atoms with van der Waals surface area (Å²) in [6, 6.07) is 3.98. The summed E-state index contributed by atoms with van der Waals surface area (Å²) in [5, 5.41) is 0. The van der Waals surface area contributed by atoms with Crippen molar-refractivity contribution >= 4 is 0 Å². The first-order chi connectivity index (χ1) is 6.84. The van der Waals surface area contributed by atoms with Crippen molar-refractivity contribution in [3.63, 3.8) is 0 Å². The Morgan fingerprint density at radius 2 is 2.21 bits per heavy atom. The molecule has 0 spiro atoms. The monoisotopic (exact) mass is 191 g/mol. The molecule has 2 rings (SSSR count). The van der Waals surface area contributed by atoms with E-state index in [-0.39, 0.29) is 0 Å². The van der Waals surface area contributed by atoms with E-state index in [1.807, 2.05) is 12.1 Å². The van der Waals surface area contributed by atoms with Crippen LogP contribution in [0, 0.1) is 12.8 Å². The standard InChI is InChI=1S/C12H17NO/c1-10-6-7-13-12(8-10)14-9-11-4-2-3-5-11/h6-8,11H,2-5,9H2,1H3. The number of nitrogens with zero attached hydrogens (tertiary/aromatic N) is 1. The lowest BCUT2D eigenvalue weighted by molar-refractivity contribution is 0.243. The van der Waals surface area contributed by atoms with Crippen LogP contribution in [0.25, 0.3) is 0 Å². The van der Waals surface area contributed by atoms with Crippen LogP contribution in [-0.2, 0) is 0 Å². The molecule has 0 amide bonds. The number of hydrogen-bond donors (Lipinski definition) is 0. The number of aromatic nitrogens is 1. The van der Waals surface area contributed by atoms with Gasteiger partial charge in [0.15, 0.2) is 0 Å². The van der Waals surface area contributed by atoms with Gasteiger partial charge >= 0.3 is 0 Å². The Kier molecular flexibility index (Phi) is 3.02. The molecule has 1 saturated carbocycles. The highest BCUT2D eigenvalue weighted by atomic mass is 16.5. The molecular weight excluding hydrogens is 174 g/mol. The quantitative estimate of drug-likeness (QED) is 0.732. The SMILES string of the molecule is Cc1ccnc(OCC2CCCC2)c1. The second kappa shape index (κ2) is 4.45. The van der Waals surface area contributed by atoms with Gasteiger partial charge in [-0.15, -0.1) is 0 Å². The lowest BCUT2D eigenvalue weighted by Crippen LogP contribution is -2.08. The maximum atomic E-state index is 5.66. The van der Waals surface area contributed by atoms with Crippen LogP contribution >= 0.6 is 0 Å². The molecule has 1 aromatic rings. The summed E-state index contributed by atoms with van der Waals surface area (Å²) in [5.74, 6) is 1.54. The fourth-order valence-corrected chi connectivity index (χ4v) is 1.97. The summed E-state index contributed by atoms with van der Waals surface area (Å²) in [4.78, 5) is 4.18. The first-order valence-electron chi connectivity index (χ1n) is 5.40. The number of hydrogen-bond acceptors (Lipinski definition) is 2. The molecule has 0 aliphatic heterocycles. The molecule has 76 valence electrons. The van der Waals surface area contributed by atoms with E-state index in [0.717, 1.165) is 18.4 Å². The van der Waals surface area contributed by atoms with Gasteiger partial charge in [-0.25, -0.2) is 4.98 Å². The number of ether oxygens (including phenoxy) is 1. The van der Waals surface area contributed by atoms with Crippen LogP contribution in [0.15, 0.2) is 18.3 Å². The molecule has 0 aromatic carbocycles. The van der Waals surface area contributed by atoms with Crippen molar-refractivity contribution in [1.29, 1.82) is 0 Å². The molecule has 1 heterocycles. The minimum absolute atomic E-state index is 0.761. The van der Waals surface area contributed by atoms with Gasteiger partial charge in [-0.3, -0.25) is 0 Å². The summed E-state index contributed by atoms with van der Waals surface area (Å²) < 4.78 is 5.66. The highest BCUT2D eigenvalue weighted by Crippen LogP contribution is 2.25. The van der Waals surface area contributed by atoms with E-state index in [9.17, 15) is 0 Å². The highest BCUT2D eigenvalue weighted by Gasteiger charge is 2.15. The maximum Gasteiger partial charge on any atom is 0.213 e. The number of rotatable bonds is 3. The summed E-state index contributed by atoms with van der Waals surface area (Å²) in [6.45, 7) is 2.90. The summed E-state index contributed by atoms with van der Waals surface area (Å²) in [7, 11) is 0. The van der Waals surface area contributed by atoms with Gasteiger partial charge in [0, 0.05) is 12.3 Å². The van der Waals surface area contributed by atoms with E-state index in [2.05, 4.69) is 11.9 Å². The largest absolute Gasteiger partial charge is 0.477 e. The van der Waals surface area contributed by atoms with Gasteiger partial charge in [0.2, 0.25) is 5.88 Å². The molecule has 1 aliphatic rings. The normalized spacial score (nSPS) is 17.2. The zero-order chi connectivity index (χ0) is 9.80. The van der Waals surface area contributed by atoms with Gasteiger partial charge in [0.1, 0.15) is 0 Å². The van der Waals surface area contributed by atoms with Crippen molar-refractivity contribution in [2.45, 2.75) is 32.6 Å².